The molecule has 3 aromatic rings. The molecule has 11 heteroatoms. The van der Waals surface area contributed by atoms with Crippen molar-refractivity contribution in [2.75, 3.05) is 39.2 Å². The van der Waals surface area contributed by atoms with Crippen LogP contribution in [0.1, 0.15) is 28.8 Å². The molecule has 9 nitrogen and oxygen atoms in total. The van der Waals surface area contributed by atoms with Crippen LogP contribution in [0.15, 0.2) is 71.6 Å². The Morgan fingerprint density at radius 2 is 1.62 bits per heavy atom. The third-order valence-electron chi connectivity index (χ3n) is 6.85. The van der Waals surface area contributed by atoms with Crippen LogP contribution in [0, 0.1) is 11.7 Å². The molecule has 1 heterocycles. The van der Waals surface area contributed by atoms with Gasteiger partial charge in [-0.3, -0.25) is 9.59 Å². The molecule has 3 aromatic carbocycles. The molecule has 2 N–H and O–H groups in total. The van der Waals surface area contributed by atoms with E-state index in [4.69, 9.17) is 9.47 Å². The number of carbonyl (C=O) groups is 2. The van der Waals surface area contributed by atoms with E-state index in [-0.39, 0.29) is 29.8 Å². The van der Waals surface area contributed by atoms with Crippen molar-refractivity contribution in [2.24, 2.45) is 5.92 Å². The van der Waals surface area contributed by atoms with Gasteiger partial charge in [-0.1, -0.05) is 18.2 Å². The maximum Gasteiger partial charge on any atom is 0.253 e. The van der Waals surface area contributed by atoms with Crippen molar-refractivity contribution in [3.8, 4) is 11.5 Å². The fourth-order valence-corrected chi connectivity index (χ4v) is 6.06. The summed E-state index contributed by atoms with van der Waals surface area (Å²) in [5.41, 5.74) is 1.68. The average Bonchev–Trinajstić information content (AvgIpc) is 2.97. The molecule has 1 fully saturated rings. The molecule has 1 saturated heterocycles. The van der Waals surface area contributed by atoms with Gasteiger partial charge in [-0.05, 0) is 73.4 Å². The number of para-hydroxylation sites is 1. The molecule has 0 aliphatic carbocycles. The second kappa shape index (κ2) is 12.9. The molecule has 0 spiro atoms. The fraction of sp³-hybridized carbons (Fsp3) is 0.310. The van der Waals surface area contributed by atoms with Gasteiger partial charge >= 0.3 is 0 Å². The van der Waals surface area contributed by atoms with Crippen LogP contribution in [0.3, 0.4) is 0 Å². The molecular weight excluding hydrogens is 537 g/mol. The Morgan fingerprint density at radius 3 is 2.30 bits per heavy atom. The summed E-state index contributed by atoms with van der Waals surface area (Å²) >= 11 is 0. The van der Waals surface area contributed by atoms with Crippen LogP contribution >= 0.6 is 0 Å². The molecule has 40 heavy (non-hydrogen) atoms. The van der Waals surface area contributed by atoms with Gasteiger partial charge < -0.3 is 20.1 Å². The summed E-state index contributed by atoms with van der Waals surface area (Å²) in [4.78, 5) is 26.0. The Hall–Kier alpha value is -3.96. The molecule has 0 atom stereocenters. The molecular formula is C29H32FN3O6S. The second-order valence-corrected chi connectivity index (χ2v) is 11.3. The number of ether oxygens (including phenoxy) is 2. The Balaban J connectivity index is 1.32. The van der Waals surface area contributed by atoms with Gasteiger partial charge in [0.2, 0.25) is 15.9 Å². The molecule has 0 bridgehead atoms. The average molecular weight is 570 g/mol. The number of carbonyl (C=O) groups excluding carboxylic acids is 2. The van der Waals surface area contributed by atoms with Gasteiger partial charge in [0.25, 0.3) is 5.91 Å². The molecule has 1 aliphatic rings. The van der Waals surface area contributed by atoms with E-state index in [1.807, 2.05) is 18.2 Å². The largest absolute Gasteiger partial charge is 0.493 e. The predicted molar refractivity (Wildman–Crippen MR) is 149 cm³/mol. The van der Waals surface area contributed by atoms with Crippen molar-refractivity contribution in [1.82, 2.24) is 9.62 Å². The van der Waals surface area contributed by atoms with E-state index in [1.165, 1.54) is 16.4 Å². The van der Waals surface area contributed by atoms with E-state index in [2.05, 4.69) is 10.6 Å². The minimum Gasteiger partial charge on any atom is -0.493 e. The van der Waals surface area contributed by atoms with E-state index < -0.39 is 21.8 Å². The molecule has 212 valence electrons. The number of benzene rings is 3. The predicted octanol–water partition coefficient (Wildman–Crippen LogP) is 3.85. The quantitative estimate of drug-likeness (QED) is 0.384. The van der Waals surface area contributed by atoms with Crippen molar-refractivity contribution < 1.29 is 31.9 Å². The maximum atomic E-state index is 13.2. The number of hydrogen-bond acceptors (Lipinski definition) is 6. The van der Waals surface area contributed by atoms with E-state index in [0.29, 0.717) is 48.6 Å². The normalized spacial score (nSPS) is 14.4. The molecule has 0 radical (unpaired) electrons. The summed E-state index contributed by atoms with van der Waals surface area (Å²) in [6, 6.07) is 17.0. The van der Waals surface area contributed by atoms with Crippen molar-refractivity contribution in [2.45, 2.75) is 24.2 Å². The third kappa shape index (κ3) is 6.78. The highest BCUT2D eigenvalue weighted by Gasteiger charge is 2.32. The topological polar surface area (TPSA) is 114 Å². The standard InChI is InChI=1S/C29H32FN3O6S/c1-38-26-12-7-20(19-27(26)39-2)13-16-31-29(35)24-5-3-4-6-25(24)32-28(34)21-14-17-33(18-15-21)40(36,37)23-10-8-22(30)9-11-23/h3-12,19,21H,13-18H2,1-2H3,(H,31,35)(H,32,34). The summed E-state index contributed by atoms with van der Waals surface area (Å²) in [6.07, 6.45) is 1.22. The van der Waals surface area contributed by atoms with Crippen molar-refractivity contribution in [1.29, 1.82) is 0 Å². The van der Waals surface area contributed by atoms with Crippen LogP contribution < -0.4 is 20.1 Å². The van der Waals surface area contributed by atoms with Crippen molar-refractivity contribution >= 4 is 27.5 Å². The number of nitrogens with one attached hydrogen (secondary N) is 2. The molecule has 0 aromatic heterocycles. The SMILES string of the molecule is COc1ccc(CCNC(=O)c2ccccc2NC(=O)C2CCN(S(=O)(=O)c3ccc(F)cc3)CC2)cc1OC. The third-order valence-corrected chi connectivity index (χ3v) is 8.77. The minimum atomic E-state index is -3.77. The summed E-state index contributed by atoms with van der Waals surface area (Å²) in [5.74, 6) is -0.290. The van der Waals surface area contributed by atoms with Crippen LogP contribution in [0.2, 0.25) is 0 Å². The van der Waals surface area contributed by atoms with Crippen LogP contribution in [-0.2, 0) is 21.2 Å². The van der Waals surface area contributed by atoms with E-state index in [0.717, 1.165) is 17.7 Å². The number of nitrogens with zero attached hydrogens (tertiary/aromatic N) is 1. The summed E-state index contributed by atoms with van der Waals surface area (Å²) in [6.45, 7) is 0.698. The minimum absolute atomic E-state index is 0.0165. The summed E-state index contributed by atoms with van der Waals surface area (Å²) < 4.78 is 50.8. The van der Waals surface area contributed by atoms with Gasteiger partial charge in [-0.25, -0.2) is 12.8 Å². The molecule has 0 saturated carbocycles. The van der Waals surface area contributed by atoms with Crippen LogP contribution in [0.5, 0.6) is 11.5 Å². The van der Waals surface area contributed by atoms with Gasteiger partial charge in [0.1, 0.15) is 5.82 Å². The van der Waals surface area contributed by atoms with Gasteiger partial charge in [0.15, 0.2) is 11.5 Å². The number of sulfonamides is 1. The van der Waals surface area contributed by atoms with Crippen LogP contribution in [-0.4, -0.2) is 58.4 Å². The number of methoxy groups -OCH3 is 2. The highest BCUT2D eigenvalue weighted by molar-refractivity contribution is 7.89. The van der Waals surface area contributed by atoms with Crippen molar-refractivity contribution in [3.63, 3.8) is 0 Å². The van der Waals surface area contributed by atoms with Gasteiger partial charge in [0, 0.05) is 25.6 Å². The second-order valence-electron chi connectivity index (χ2n) is 9.36. The Bertz CT molecular complexity index is 1450. The molecule has 4 rings (SSSR count). The number of hydrogen-bond donors (Lipinski definition) is 2. The monoisotopic (exact) mass is 569 g/mol. The Kier molecular flexibility index (Phi) is 9.38. The first-order chi connectivity index (χ1) is 19.2. The first-order valence-corrected chi connectivity index (χ1v) is 14.3. The lowest BCUT2D eigenvalue weighted by atomic mass is 9.97. The summed E-state index contributed by atoms with van der Waals surface area (Å²) in [5, 5.41) is 5.74. The Labute approximate surface area is 233 Å². The summed E-state index contributed by atoms with van der Waals surface area (Å²) in [7, 11) is -0.642. The maximum absolute atomic E-state index is 13.2. The zero-order valence-corrected chi connectivity index (χ0v) is 23.2. The van der Waals surface area contributed by atoms with Crippen LogP contribution in [0.4, 0.5) is 10.1 Å². The van der Waals surface area contributed by atoms with Gasteiger partial charge in [-0.2, -0.15) is 4.31 Å². The zero-order valence-electron chi connectivity index (χ0n) is 22.4. The number of anilines is 1. The fourth-order valence-electron chi connectivity index (χ4n) is 4.59. The Morgan fingerprint density at radius 1 is 0.950 bits per heavy atom. The first-order valence-electron chi connectivity index (χ1n) is 12.9. The highest BCUT2D eigenvalue weighted by Crippen LogP contribution is 2.28. The lowest BCUT2D eigenvalue weighted by molar-refractivity contribution is -0.120. The molecule has 1 aliphatic heterocycles. The lowest BCUT2D eigenvalue weighted by Gasteiger charge is -2.30. The lowest BCUT2D eigenvalue weighted by Crippen LogP contribution is -2.41. The number of amides is 2. The zero-order chi connectivity index (χ0) is 28.7. The smallest absolute Gasteiger partial charge is 0.253 e. The number of halogens is 1. The number of rotatable bonds is 10. The van der Waals surface area contributed by atoms with Crippen LogP contribution in [0.25, 0.3) is 0 Å². The molecule has 2 amide bonds. The van der Waals surface area contributed by atoms with Gasteiger partial charge in [0.05, 0.1) is 30.4 Å². The van der Waals surface area contributed by atoms with E-state index >= 15 is 0 Å². The van der Waals surface area contributed by atoms with E-state index in [1.54, 1.807) is 38.5 Å². The number of piperidine rings is 1. The first kappa shape index (κ1) is 29.0. The molecule has 0 unspecified atom stereocenters. The van der Waals surface area contributed by atoms with E-state index in [9.17, 15) is 22.4 Å². The highest BCUT2D eigenvalue weighted by atomic mass is 32.2. The van der Waals surface area contributed by atoms with Crippen molar-refractivity contribution in [3.05, 3.63) is 83.7 Å². The van der Waals surface area contributed by atoms with Gasteiger partial charge in [-0.15, -0.1) is 0 Å².